The summed E-state index contributed by atoms with van der Waals surface area (Å²) in [4.78, 5) is 12.3. The van der Waals surface area contributed by atoms with Crippen LogP contribution in [0.2, 0.25) is 5.15 Å². The van der Waals surface area contributed by atoms with Gasteiger partial charge in [-0.1, -0.05) is 60.1 Å². The molecule has 1 aliphatic rings. The third-order valence-electron chi connectivity index (χ3n) is 5.53. The van der Waals surface area contributed by atoms with Gasteiger partial charge in [-0.25, -0.2) is 13.1 Å². The Morgan fingerprint density at radius 1 is 1.15 bits per heavy atom. The van der Waals surface area contributed by atoms with E-state index in [1.807, 2.05) is 61.5 Å². The number of aromatic nitrogens is 2. The zero-order valence-electron chi connectivity index (χ0n) is 18.2. The van der Waals surface area contributed by atoms with Crippen LogP contribution >= 0.6 is 11.6 Å². The monoisotopic (exact) mass is 484 g/mol. The van der Waals surface area contributed by atoms with Crippen molar-refractivity contribution in [2.75, 3.05) is 23.1 Å². The van der Waals surface area contributed by atoms with Gasteiger partial charge < -0.3 is 5.32 Å². The van der Waals surface area contributed by atoms with Crippen molar-refractivity contribution in [3.63, 3.8) is 0 Å². The summed E-state index contributed by atoms with van der Waals surface area (Å²) in [6, 6.07) is 17.3. The molecule has 0 fully saturated rings. The van der Waals surface area contributed by atoms with E-state index in [9.17, 15) is 13.2 Å². The Balaban J connectivity index is 1.33. The van der Waals surface area contributed by atoms with Crippen LogP contribution in [0.1, 0.15) is 22.4 Å². The molecular formula is C24H25ClN4O3S. The maximum atomic E-state index is 12.7. The zero-order chi connectivity index (χ0) is 23.4. The van der Waals surface area contributed by atoms with Crippen LogP contribution in [0.15, 0.2) is 60.7 Å². The van der Waals surface area contributed by atoms with E-state index in [1.165, 1.54) is 10.4 Å². The van der Waals surface area contributed by atoms with Crippen molar-refractivity contribution >= 4 is 39.3 Å². The van der Waals surface area contributed by atoms with Crippen LogP contribution in [0.4, 0.5) is 5.69 Å². The third kappa shape index (κ3) is 5.29. The predicted octanol–water partition coefficient (Wildman–Crippen LogP) is 3.42. The lowest BCUT2D eigenvalue weighted by atomic mass is 10.2. The summed E-state index contributed by atoms with van der Waals surface area (Å²) < 4.78 is 28.6. The fourth-order valence-electron chi connectivity index (χ4n) is 3.85. The van der Waals surface area contributed by atoms with Crippen LogP contribution in [-0.4, -0.2) is 42.9 Å². The largest absolute Gasteiger partial charge is 0.351 e. The van der Waals surface area contributed by atoms with Crippen molar-refractivity contribution in [3.05, 3.63) is 88.2 Å². The van der Waals surface area contributed by atoms with Crippen LogP contribution in [0, 0.1) is 6.92 Å². The van der Waals surface area contributed by atoms with Crippen molar-refractivity contribution in [2.24, 2.45) is 0 Å². The molecule has 0 atom stereocenters. The van der Waals surface area contributed by atoms with Crippen molar-refractivity contribution in [1.29, 1.82) is 0 Å². The molecule has 0 bridgehead atoms. The highest BCUT2D eigenvalue weighted by atomic mass is 35.5. The van der Waals surface area contributed by atoms with E-state index in [-0.39, 0.29) is 12.3 Å². The van der Waals surface area contributed by atoms with E-state index >= 15 is 0 Å². The first-order chi connectivity index (χ1) is 15.8. The number of aryl methyl sites for hydroxylation is 1. The highest BCUT2D eigenvalue weighted by molar-refractivity contribution is 7.92. The Labute approximate surface area is 198 Å². The molecule has 0 saturated heterocycles. The van der Waals surface area contributed by atoms with Gasteiger partial charge in [0.2, 0.25) is 15.9 Å². The summed E-state index contributed by atoms with van der Waals surface area (Å²) in [6.07, 6.45) is 3.65. The van der Waals surface area contributed by atoms with Crippen LogP contribution in [-0.2, 0) is 27.8 Å². The van der Waals surface area contributed by atoms with Gasteiger partial charge in [-0.2, -0.15) is 5.10 Å². The highest BCUT2D eigenvalue weighted by Gasteiger charge is 2.28. The van der Waals surface area contributed by atoms with Crippen molar-refractivity contribution < 1.29 is 13.2 Å². The normalized spacial score (nSPS) is 13.5. The number of benzene rings is 2. The van der Waals surface area contributed by atoms with Gasteiger partial charge in [0.15, 0.2) is 0 Å². The molecule has 0 radical (unpaired) electrons. The number of hydrogen-bond donors (Lipinski definition) is 1. The maximum absolute atomic E-state index is 12.7. The molecule has 1 aromatic heterocycles. The van der Waals surface area contributed by atoms with E-state index in [0.717, 1.165) is 16.8 Å². The van der Waals surface area contributed by atoms with E-state index < -0.39 is 15.9 Å². The quantitative estimate of drug-likeness (QED) is 0.496. The van der Waals surface area contributed by atoms with Crippen molar-refractivity contribution in [3.8, 4) is 0 Å². The zero-order valence-corrected chi connectivity index (χ0v) is 19.8. The fourth-order valence-corrected chi connectivity index (χ4v) is 5.57. The summed E-state index contributed by atoms with van der Waals surface area (Å²) in [7, 11) is -3.52. The highest BCUT2D eigenvalue weighted by Crippen LogP contribution is 2.29. The van der Waals surface area contributed by atoms with Crippen LogP contribution in [0.25, 0.3) is 6.08 Å². The molecular weight excluding hydrogens is 460 g/mol. The number of nitrogens with one attached hydrogen (secondary N) is 1. The SMILES string of the molecule is Cc1nn(Cc2ccccc2)c(Cl)c1/C=C/C(=O)NCCS(=O)(=O)N1CCc2ccccc21. The van der Waals surface area contributed by atoms with E-state index in [1.54, 1.807) is 10.8 Å². The number of nitrogens with zero attached hydrogens (tertiary/aromatic N) is 3. The molecule has 3 aromatic rings. The summed E-state index contributed by atoms with van der Waals surface area (Å²) in [6.45, 7) is 2.80. The minimum Gasteiger partial charge on any atom is -0.351 e. The van der Waals surface area contributed by atoms with Crippen molar-refractivity contribution in [1.82, 2.24) is 15.1 Å². The van der Waals surface area contributed by atoms with Crippen LogP contribution in [0.5, 0.6) is 0 Å². The lowest BCUT2D eigenvalue weighted by Gasteiger charge is -2.19. The van der Waals surface area contributed by atoms with E-state index in [2.05, 4.69) is 10.4 Å². The Morgan fingerprint density at radius 3 is 2.67 bits per heavy atom. The minimum absolute atomic E-state index is 0.0180. The first-order valence-electron chi connectivity index (χ1n) is 10.7. The number of carbonyl (C=O) groups is 1. The molecule has 33 heavy (non-hydrogen) atoms. The Kier molecular flexibility index (Phi) is 6.85. The fraction of sp³-hybridized carbons (Fsp3) is 0.250. The lowest BCUT2D eigenvalue weighted by molar-refractivity contribution is -0.116. The smallest absolute Gasteiger partial charge is 0.244 e. The molecule has 2 aromatic carbocycles. The standard InChI is InChI=1S/C24H25ClN4O3S/c1-18-21(24(25)28(27-18)17-19-7-3-2-4-8-19)11-12-23(30)26-14-16-33(31,32)29-15-13-20-9-5-6-10-22(20)29/h2-12H,13-17H2,1H3,(H,26,30)/b12-11+. The molecule has 0 saturated carbocycles. The maximum Gasteiger partial charge on any atom is 0.244 e. The molecule has 0 aliphatic carbocycles. The first kappa shape index (κ1) is 23.1. The molecule has 7 nitrogen and oxygen atoms in total. The lowest BCUT2D eigenvalue weighted by Crippen LogP contribution is -2.36. The minimum atomic E-state index is -3.52. The van der Waals surface area contributed by atoms with Gasteiger partial charge >= 0.3 is 0 Å². The predicted molar refractivity (Wildman–Crippen MR) is 131 cm³/mol. The summed E-state index contributed by atoms with van der Waals surface area (Å²) in [5.74, 6) is -0.561. The number of anilines is 1. The average molecular weight is 485 g/mol. The summed E-state index contributed by atoms with van der Waals surface area (Å²) in [5, 5.41) is 7.54. The average Bonchev–Trinajstić information content (AvgIpc) is 3.34. The Hall–Kier alpha value is -3.10. The van der Waals surface area contributed by atoms with Gasteiger partial charge in [-0.15, -0.1) is 0 Å². The van der Waals surface area contributed by atoms with Gasteiger partial charge in [-0.3, -0.25) is 9.10 Å². The molecule has 172 valence electrons. The van der Waals surface area contributed by atoms with Gasteiger partial charge in [0.05, 0.1) is 23.7 Å². The first-order valence-corrected chi connectivity index (χ1v) is 12.6. The molecule has 9 heteroatoms. The third-order valence-corrected chi connectivity index (χ3v) is 7.70. The molecule has 2 heterocycles. The number of para-hydroxylation sites is 1. The Morgan fingerprint density at radius 2 is 1.88 bits per heavy atom. The second-order valence-electron chi connectivity index (χ2n) is 7.82. The number of sulfonamides is 1. The van der Waals surface area contributed by atoms with Gasteiger partial charge in [-0.05, 0) is 36.6 Å². The molecule has 0 spiro atoms. The molecule has 1 aliphatic heterocycles. The number of fused-ring (bicyclic) bond motifs is 1. The number of amides is 1. The molecule has 0 unspecified atom stereocenters. The summed E-state index contributed by atoms with van der Waals surface area (Å²) in [5.41, 5.74) is 4.17. The van der Waals surface area contributed by atoms with E-state index in [0.29, 0.717) is 35.9 Å². The van der Waals surface area contributed by atoms with Crippen LogP contribution < -0.4 is 9.62 Å². The molecule has 1 amide bonds. The van der Waals surface area contributed by atoms with Gasteiger partial charge in [0.1, 0.15) is 5.15 Å². The van der Waals surface area contributed by atoms with E-state index in [4.69, 9.17) is 11.6 Å². The number of rotatable bonds is 8. The topological polar surface area (TPSA) is 84.3 Å². The second-order valence-corrected chi connectivity index (χ2v) is 10.2. The summed E-state index contributed by atoms with van der Waals surface area (Å²) >= 11 is 6.47. The van der Waals surface area contributed by atoms with Gasteiger partial charge in [0.25, 0.3) is 0 Å². The number of halogens is 1. The van der Waals surface area contributed by atoms with Crippen molar-refractivity contribution in [2.45, 2.75) is 19.9 Å². The molecule has 4 rings (SSSR count). The number of carbonyl (C=O) groups excluding carboxylic acids is 1. The Bertz CT molecular complexity index is 1290. The molecule has 1 N–H and O–H groups in total. The second kappa shape index (κ2) is 9.80. The van der Waals surface area contributed by atoms with Gasteiger partial charge in [0, 0.05) is 24.7 Å². The van der Waals surface area contributed by atoms with Crippen LogP contribution in [0.3, 0.4) is 0 Å². The number of hydrogen-bond acceptors (Lipinski definition) is 4.